The van der Waals surface area contributed by atoms with Gasteiger partial charge in [-0.1, -0.05) is 18.2 Å². The molecule has 2 amide bonds. The minimum absolute atomic E-state index is 0.0227. The molecule has 0 spiro atoms. The second kappa shape index (κ2) is 9.12. The number of carbonyl (C=O) groups is 2. The molecule has 0 aromatic heterocycles. The number of carbonyl (C=O) groups excluding carboxylic acids is 2. The van der Waals surface area contributed by atoms with Gasteiger partial charge in [-0.25, -0.2) is 13.7 Å². The van der Waals surface area contributed by atoms with Gasteiger partial charge in [-0.05, 0) is 48.9 Å². The van der Waals surface area contributed by atoms with Gasteiger partial charge in [-0.3, -0.25) is 9.59 Å². The van der Waals surface area contributed by atoms with E-state index in [0.29, 0.717) is 34.3 Å². The van der Waals surface area contributed by atoms with Gasteiger partial charge in [0.25, 0.3) is 11.8 Å². The summed E-state index contributed by atoms with van der Waals surface area (Å²) in [5, 5.41) is 2.96. The van der Waals surface area contributed by atoms with Gasteiger partial charge in [0.15, 0.2) is 0 Å². The van der Waals surface area contributed by atoms with Crippen molar-refractivity contribution in [3.8, 4) is 11.5 Å². The number of anilines is 2. The Labute approximate surface area is 189 Å². The molecule has 1 N–H and O–H groups in total. The highest BCUT2D eigenvalue weighted by Crippen LogP contribution is 2.36. The first-order valence-electron chi connectivity index (χ1n) is 10.2. The van der Waals surface area contributed by atoms with Gasteiger partial charge in [0.1, 0.15) is 28.8 Å². The Morgan fingerprint density at radius 3 is 2.36 bits per heavy atom. The highest BCUT2D eigenvalue weighted by Gasteiger charge is 2.41. The topological polar surface area (TPSA) is 67.9 Å². The number of amides is 2. The molecule has 3 aromatic carbocycles. The normalized spacial score (nSPS) is 13.5. The van der Waals surface area contributed by atoms with Crippen LogP contribution in [-0.2, 0) is 9.59 Å². The van der Waals surface area contributed by atoms with Crippen molar-refractivity contribution in [1.29, 1.82) is 0 Å². The summed E-state index contributed by atoms with van der Waals surface area (Å²) in [6.07, 6.45) is 0. The molecule has 0 fully saturated rings. The van der Waals surface area contributed by atoms with E-state index in [1.807, 2.05) is 6.92 Å². The maximum atomic E-state index is 14.5. The fourth-order valence-electron chi connectivity index (χ4n) is 3.52. The first-order chi connectivity index (χ1) is 15.9. The van der Waals surface area contributed by atoms with Gasteiger partial charge in [-0.15, -0.1) is 0 Å². The van der Waals surface area contributed by atoms with Gasteiger partial charge in [0.2, 0.25) is 0 Å². The largest absolute Gasteiger partial charge is 0.497 e. The average molecular weight is 450 g/mol. The monoisotopic (exact) mass is 450 g/mol. The standard InChI is InChI=1S/C25H20F2N2O4/c1-3-33-18-10-7-15(8-11-18)22-23(28-17-5-4-6-19(14-17)32-2)25(31)29(24(22)30)21-13-16(26)9-12-20(21)27/h4-14,28H,3H2,1-2H3. The van der Waals surface area contributed by atoms with E-state index in [9.17, 15) is 18.4 Å². The van der Waals surface area contributed by atoms with E-state index in [4.69, 9.17) is 9.47 Å². The zero-order chi connectivity index (χ0) is 23.5. The summed E-state index contributed by atoms with van der Waals surface area (Å²) in [7, 11) is 1.50. The summed E-state index contributed by atoms with van der Waals surface area (Å²) < 4.78 is 39.0. The maximum Gasteiger partial charge on any atom is 0.282 e. The van der Waals surface area contributed by atoms with Gasteiger partial charge in [0, 0.05) is 17.8 Å². The fourth-order valence-corrected chi connectivity index (χ4v) is 3.52. The van der Waals surface area contributed by atoms with Crippen molar-refractivity contribution in [3.05, 3.63) is 89.6 Å². The molecule has 33 heavy (non-hydrogen) atoms. The molecule has 1 aliphatic rings. The molecule has 0 radical (unpaired) electrons. The Morgan fingerprint density at radius 1 is 0.909 bits per heavy atom. The number of halogens is 2. The van der Waals surface area contributed by atoms with E-state index in [1.54, 1.807) is 48.5 Å². The van der Waals surface area contributed by atoms with Crippen molar-refractivity contribution in [2.45, 2.75) is 6.92 Å². The molecule has 4 rings (SSSR count). The number of nitrogens with zero attached hydrogens (tertiary/aromatic N) is 1. The third kappa shape index (κ3) is 4.27. The summed E-state index contributed by atoms with van der Waals surface area (Å²) in [6.45, 7) is 2.31. The van der Waals surface area contributed by atoms with E-state index < -0.39 is 29.1 Å². The molecule has 3 aromatic rings. The Balaban J connectivity index is 1.82. The first kappa shape index (κ1) is 22.0. The predicted molar refractivity (Wildman–Crippen MR) is 120 cm³/mol. The molecular formula is C25H20F2N2O4. The van der Waals surface area contributed by atoms with Crippen LogP contribution in [0.3, 0.4) is 0 Å². The van der Waals surface area contributed by atoms with Gasteiger partial charge < -0.3 is 14.8 Å². The number of rotatable bonds is 7. The number of methoxy groups -OCH3 is 1. The minimum atomic E-state index is -0.897. The van der Waals surface area contributed by atoms with Crippen LogP contribution >= 0.6 is 0 Å². The molecular weight excluding hydrogens is 430 g/mol. The third-order valence-electron chi connectivity index (χ3n) is 5.03. The molecule has 0 unspecified atom stereocenters. The Kier molecular flexibility index (Phi) is 6.08. The zero-order valence-electron chi connectivity index (χ0n) is 17.9. The van der Waals surface area contributed by atoms with Crippen LogP contribution in [0.25, 0.3) is 5.57 Å². The number of hydrogen-bond donors (Lipinski definition) is 1. The quantitative estimate of drug-likeness (QED) is 0.526. The van der Waals surface area contributed by atoms with Gasteiger partial charge in [-0.2, -0.15) is 0 Å². The van der Waals surface area contributed by atoms with Crippen LogP contribution in [0.5, 0.6) is 11.5 Å². The Bertz CT molecular complexity index is 1260. The number of hydrogen-bond acceptors (Lipinski definition) is 5. The highest BCUT2D eigenvalue weighted by atomic mass is 19.1. The van der Waals surface area contributed by atoms with Crippen LogP contribution in [0, 0.1) is 11.6 Å². The zero-order valence-corrected chi connectivity index (χ0v) is 17.9. The lowest BCUT2D eigenvalue weighted by molar-refractivity contribution is -0.120. The summed E-state index contributed by atoms with van der Waals surface area (Å²) in [5.74, 6) is -2.13. The highest BCUT2D eigenvalue weighted by molar-refractivity contribution is 6.46. The third-order valence-corrected chi connectivity index (χ3v) is 5.03. The van der Waals surface area contributed by atoms with Crippen LogP contribution in [0.2, 0.25) is 0 Å². The fraction of sp³-hybridized carbons (Fsp3) is 0.120. The lowest BCUT2D eigenvalue weighted by Crippen LogP contribution is -2.33. The summed E-state index contributed by atoms with van der Waals surface area (Å²) in [6, 6.07) is 16.0. The van der Waals surface area contributed by atoms with Crippen molar-refractivity contribution >= 4 is 28.8 Å². The molecule has 0 atom stereocenters. The van der Waals surface area contributed by atoms with Crippen LogP contribution in [0.15, 0.2) is 72.4 Å². The van der Waals surface area contributed by atoms with E-state index in [0.717, 1.165) is 18.2 Å². The summed E-state index contributed by atoms with van der Waals surface area (Å²) in [4.78, 5) is 27.3. The predicted octanol–water partition coefficient (Wildman–Crippen LogP) is 4.77. The second-order valence-electron chi connectivity index (χ2n) is 7.11. The van der Waals surface area contributed by atoms with E-state index >= 15 is 0 Å². The van der Waals surface area contributed by atoms with Crippen LogP contribution < -0.4 is 19.7 Å². The maximum absolute atomic E-state index is 14.5. The Morgan fingerprint density at radius 2 is 1.67 bits per heavy atom. The van der Waals surface area contributed by atoms with Crippen molar-refractivity contribution in [2.24, 2.45) is 0 Å². The number of benzene rings is 3. The van der Waals surface area contributed by atoms with Crippen molar-refractivity contribution < 1.29 is 27.8 Å². The number of nitrogens with one attached hydrogen (secondary N) is 1. The lowest BCUT2D eigenvalue weighted by Gasteiger charge is -2.16. The number of ether oxygens (including phenoxy) is 2. The molecule has 6 nitrogen and oxygen atoms in total. The molecule has 1 heterocycles. The van der Waals surface area contributed by atoms with Crippen LogP contribution in [-0.4, -0.2) is 25.5 Å². The molecule has 0 saturated carbocycles. The summed E-state index contributed by atoms with van der Waals surface area (Å²) >= 11 is 0. The second-order valence-corrected chi connectivity index (χ2v) is 7.11. The number of imide groups is 1. The van der Waals surface area contributed by atoms with E-state index in [-0.39, 0.29) is 11.3 Å². The van der Waals surface area contributed by atoms with Crippen molar-refractivity contribution in [2.75, 3.05) is 23.9 Å². The molecule has 0 bridgehead atoms. The van der Waals surface area contributed by atoms with Gasteiger partial charge in [0.05, 0.1) is 25.0 Å². The molecule has 8 heteroatoms. The molecule has 0 aliphatic carbocycles. The molecule has 0 saturated heterocycles. The van der Waals surface area contributed by atoms with Crippen molar-refractivity contribution in [3.63, 3.8) is 0 Å². The Hall–Kier alpha value is -4.20. The molecule has 168 valence electrons. The minimum Gasteiger partial charge on any atom is -0.497 e. The molecule has 1 aliphatic heterocycles. The van der Waals surface area contributed by atoms with Crippen molar-refractivity contribution in [1.82, 2.24) is 0 Å². The van der Waals surface area contributed by atoms with E-state index in [2.05, 4.69) is 5.32 Å². The van der Waals surface area contributed by atoms with Crippen LogP contribution in [0.1, 0.15) is 12.5 Å². The van der Waals surface area contributed by atoms with Crippen LogP contribution in [0.4, 0.5) is 20.2 Å². The first-order valence-corrected chi connectivity index (χ1v) is 10.2. The van der Waals surface area contributed by atoms with E-state index in [1.165, 1.54) is 7.11 Å². The lowest BCUT2D eigenvalue weighted by atomic mass is 10.0. The summed E-state index contributed by atoms with van der Waals surface area (Å²) in [5.41, 5.74) is 0.392. The smallest absolute Gasteiger partial charge is 0.282 e. The SMILES string of the molecule is CCOc1ccc(C2=C(Nc3cccc(OC)c3)C(=O)N(c3cc(F)ccc3F)C2=O)cc1. The average Bonchev–Trinajstić information content (AvgIpc) is 3.05. The van der Waals surface area contributed by atoms with Gasteiger partial charge >= 0.3 is 0 Å².